The van der Waals surface area contributed by atoms with Crippen molar-refractivity contribution in [1.29, 1.82) is 0 Å². The van der Waals surface area contributed by atoms with E-state index in [1.807, 2.05) is 0 Å². The summed E-state index contributed by atoms with van der Waals surface area (Å²) < 4.78 is 0. The van der Waals surface area contributed by atoms with Gasteiger partial charge in [0.2, 0.25) is 0 Å². The van der Waals surface area contributed by atoms with Crippen molar-refractivity contribution in [3.63, 3.8) is 0 Å². The summed E-state index contributed by atoms with van der Waals surface area (Å²) in [6, 6.07) is -0.714. The monoisotopic (exact) mass is 258 g/mol. The number of nitrogens with one attached hydrogen (secondary N) is 2. The van der Waals surface area contributed by atoms with Gasteiger partial charge >= 0.3 is 12.0 Å². The molecule has 0 aromatic rings. The smallest absolute Gasteiger partial charge is 0.315 e. The number of amides is 2. The molecule has 0 aromatic heterocycles. The molecule has 5 heteroatoms. The van der Waals surface area contributed by atoms with Crippen LogP contribution in [0.5, 0.6) is 0 Å². The number of hydrogen-bond donors (Lipinski definition) is 3. The molecule has 2 amide bonds. The van der Waals surface area contributed by atoms with Gasteiger partial charge in [0.25, 0.3) is 0 Å². The molecular formula is C13H26N2O3. The average Bonchev–Trinajstić information content (AvgIpc) is 2.24. The molecule has 5 nitrogen and oxygen atoms in total. The first-order valence-electron chi connectivity index (χ1n) is 6.35. The average molecular weight is 258 g/mol. The molecule has 0 saturated heterocycles. The first kappa shape index (κ1) is 16.7. The van der Waals surface area contributed by atoms with E-state index in [1.54, 1.807) is 13.8 Å². The summed E-state index contributed by atoms with van der Waals surface area (Å²) in [7, 11) is 0. The molecule has 2 unspecified atom stereocenters. The lowest BCUT2D eigenvalue weighted by molar-refractivity contribution is -0.141. The molecule has 0 spiro atoms. The van der Waals surface area contributed by atoms with Gasteiger partial charge in [-0.2, -0.15) is 0 Å². The Morgan fingerprint density at radius 3 is 2.06 bits per heavy atom. The SMILES string of the molecule is CC(NC(=O)NCC(C)(C)C(C)C)C(C)C(=O)O. The summed E-state index contributed by atoms with van der Waals surface area (Å²) in [6.07, 6.45) is 0. The van der Waals surface area contributed by atoms with Crippen LogP contribution < -0.4 is 10.6 Å². The summed E-state index contributed by atoms with van der Waals surface area (Å²) in [5.41, 5.74) is 0.0129. The van der Waals surface area contributed by atoms with Crippen LogP contribution in [-0.4, -0.2) is 29.7 Å². The number of carboxylic acid groups (broad SMARTS) is 1. The fraction of sp³-hybridized carbons (Fsp3) is 0.846. The van der Waals surface area contributed by atoms with Crippen molar-refractivity contribution in [2.24, 2.45) is 17.3 Å². The van der Waals surface area contributed by atoms with E-state index in [0.717, 1.165) is 0 Å². The number of rotatable bonds is 6. The highest BCUT2D eigenvalue weighted by Crippen LogP contribution is 2.24. The van der Waals surface area contributed by atoms with Crippen LogP contribution >= 0.6 is 0 Å². The van der Waals surface area contributed by atoms with Crippen molar-refractivity contribution in [3.05, 3.63) is 0 Å². The lowest BCUT2D eigenvalue weighted by atomic mass is 9.81. The third-order valence-electron chi connectivity index (χ3n) is 3.77. The van der Waals surface area contributed by atoms with E-state index in [9.17, 15) is 9.59 Å². The largest absolute Gasteiger partial charge is 0.481 e. The quantitative estimate of drug-likeness (QED) is 0.682. The van der Waals surface area contributed by atoms with Crippen LogP contribution in [0.1, 0.15) is 41.5 Å². The van der Waals surface area contributed by atoms with Crippen LogP contribution in [0, 0.1) is 17.3 Å². The second kappa shape index (κ2) is 6.61. The zero-order valence-corrected chi connectivity index (χ0v) is 12.2. The fourth-order valence-corrected chi connectivity index (χ4v) is 1.11. The minimum atomic E-state index is -0.912. The number of carbonyl (C=O) groups excluding carboxylic acids is 1. The van der Waals surface area contributed by atoms with Crippen molar-refractivity contribution in [3.8, 4) is 0 Å². The van der Waals surface area contributed by atoms with Gasteiger partial charge in [-0.3, -0.25) is 4.79 Å². The number of aliphatic carboxylic acids is 1. The number of carboxylic acids is 1. The van der Waals surface area contributed by atoms with Gasteiger partial charge in [0.15, 0.2) is 0 Å². The predicted molar refractivity (Wildman–Crippen MR) is 71.4 cm³/mol. The lowest BCUT2D eigenvalue weighted by Crippen LogP contribution is -2.48. The lowest BCUT2D eigenvalue weighted by Gasteiger charge is -2.29. The minimum Gasteiger partial charge on any atom is -0.481 e. The van der Waals surface area contributed by atoms with E-state index in [-0.39, 0.29) is 11.4 Å². The van der Waals surface area contributed by atoms with Crippen LogP contribution in [0.15, 0.2) is 0 Å². The first-order chi connectivity index (χ1) is 8.08. The van der Waals surface area contributed by atoms with Crippen molar-refractivity contribution in [2.75, 3.05) is 6.54 Å². The maximum absolute atomic E-state index is 11.6. The number of carbonyl (C=O) groups is 2. The van der Waals surface area contributed by atoms with Gasteiger partial charge < -0.3 is 15.7 Å². The second-order valence-electron chi connectivity index (χ2n) is 5.89. The number of urea groups is 1. The topological polar surface area (TPSA) is 78.4 Å². The highest BCUT2D eigenvalue weighted by molar-refractivity contribution is 5.76. The third kappa shape index (κ3) is 5.38. The molecule has 0 radical (unpaired) electrons. The van der Waals surface area contributed by atoms with Gasteiger partial charge in [-0.1, -0.05) is 27.7 Å². The van der Waals surface area contributed by atoms with Crippen LogP contribution in [0.25, 0.3) is 0 Å². The third-order valence-corrected chi connectivity index (χ3v) is 3.77. The van der Waals surface area contributed by atoms with Gasteiger partial charge in [0.05, 0.1) is 5.92 Å². The maximum Gasteiger partial charge on any atom is 0.315 e. The van der Waals surface area contributed by atoms with Crippen molar-refractivity contribution >= 4 is 12.0 Å². The standard InChI is InChI=1S/C13H26N2O3/c1-8(2)13(5,6)7-14-12(18)15-10(4)9(3)11(16)17/h8-10H,7H2,1-6H3,(H,16,17)(H2,14,15,18). The molecule has 3 N–H and O–H groups in total. The molecule has 0 aliphatic heterocycles. The Bertz CT molecular complexity index is 301. The molecule has 0 aliphatic rings. The zero-order valence-electron chi connectivity index (χ0n) is 12.2. The summed E-state index contributed by atoms with van der Waals surface area (Å²) in [4.78, 5) is 22.4. The van der Waals surface area contributed by atoms with E-state index in [1.165, 1.54) is 0 Å². The maximum atomic E-state index is 11.6. The first-order valence-corrected chi connectivity index (χ1v) is 6.35. The second-order valence-corrected chi connectivity index (χ2v) is 5.89. The van der Waals surface area contributed by atoms with E-state index >= 15 is 0 Å². The van der Waals surface area contributed by atoms with Gasteiger partial charge in [0, 0.05) is 12.6 Å². The zero-order chi connectivity index (χ0) is 14.5. The molecule has 0 heterocycles. The Balaban J connectivity index is 4.17. The van der Waals surface area contributed by atoms with Crippen LogP contribution in [0.4, 0.5) is 4.79 Å². The van der Waals surface area contributed by atoms with Crippen molar-refractivity contribution in [1.82, 2.24) is 10.6 Å². The highest BCUT2D eigenvalue weighted by Gasteiger charge is 2.24. The predicted octanol–water partition coefficient (Wildman–Crippen LogP) is 2.08. The summed E-state index contributed by atoms with van der Waals surface area (Å²) in [5.74, 6) is -1.06. The Morgan fingerprint density at radius 1 is 1.17 bits per heavy atom. The summed E-state index contributed by atoms with van der Waals surface area (Å²) in [6.45, 7) is 12.2. The molecule has 0 saturated carbocycles. The normalized spacial score (nSPS) is 15.1. The van der Waals surface area contributed by atoms with E-state index in [4.69, 9.17) is 5.11 Å². The van der Waals surface area contributed by atoms with Crippen LogP contribution in [0.3, 0.4) is 0 Å². The highest BCUT2D eigenvalue weighted by atomic mass is 16.4. The van der Waals surface area contributed by atoms with Gasteiger partial charge in [-0.05, 0) is 25.2 Å². The molecule has 0 fully saturated rings. The van der Waals surface area contributed by atoms with Gasteiger partial charge in [-0.15, -0.1) is 0 Å². The van der Waals surface area contributed by atoms with E-state index in [2.05, 4.69) is 38.3 Å². The molecule has 0 rings (SSSR count). The molecule has 2 atom stereocenters. The van der Waals surface area contributed by atoms with Gasteiger partial charge in [0.1, 0.15) is 0 Å². The van der Waals surface area contributed by atoms with E-state index < -0.39 is 17.9 Å². The molecule has 0 aliphatic carbocycles. The van der Waals surface area contributed by atoms with Crippen LogP contribution in [0.2, 0.25) is 0 Å². The Morgan fingerprint density at radius 2 is 1.67 bits per heavy atom. The Hall–Kier alpha value is -1.26. The van der Waals surface area contributed by atoms with E-state index in [0.29, 0.717) is 12.5 Å². The Kier molecular flexibility index (Phi) is 6.15. The molecule has 18 heavy (non-hydrogen) atoms. The molecule has 0 aromatic carbocycles. The number of hydrogen-bond acceptors (Lipinski definition) is 2. The van der Waals surface area contributed by atoms with Crippen molar-refractivity contribution in [2.45, 2.75) is 47.6 Å². The minimum absolute atomic E-state index is 0.0129. The molecule has 106 valence electrons. The summed E-state index contributed by atoms with van der Waals surface area (Å²) in [5, 5.41) is 14.3. The fourth-order valence-electron chi connectivity index (χ4n) is 1.11. The van der Waals surface area contributed by atoms with Crippen LogP contribution in [-0.2, 0) is 4.79 Å². The molecule has 0 bridgehead atoms. The Labute approximate surface area is 109 Å². The van der Waals surface area contributed by atoms with Gasteiger partial charge in [-0.25, -0.2) is 4.79 Å². The van der Waals surface area contributed by atoms with Crippen molar-refractivity contribution < 1.29 is 14.7 Å². The summed E-state index contributed by atoms with van der Waals surface area (Å²) >= 11 is 0. The molecular weight excluding hydrogens is 232 g/mol.